The minimum absolute atomic E-state index is 0.00227. The Morgan fingerprint density at radius 3 is 2.77 bits per heavy atom. The number of likely N-dealkylation sites (tertiary alicyclic amines) is 1. The molecule has 138 valence electrons. The summed E-state index contributed by atoms with van der Waals surface area (Å²) in [5.41, 5.74) is 0.117. The van der Waals surface area contributed by atoms with E-state index in [1.807, 2.05) is 0 Å². The quantitative estimate of drug-likeness (QED) is 0.797. The number of aliphatic carboxylic acids is 1. The molecule has 1 aliphatic heterocycles. The molecular formula is C17H16Cl2N2O5. The van der Waals surface area contributed by atoms with Crippen LogP contribution < -0.4 is 4.74 Å². The van der Waals surface area contributed by atoms with Crippen LogP contribution in [0, 0.1) is 0 Å². The van der Waals surface area contributed by atoms with Crippen molar-refractivity contribution >= 4 is 35.1 Å². The molecule has 1 aromatic heterocycles. The van der Waals surface area contributed by atoms with Gasteiger partial charge in [0.1, 0.15) is 6.61 Å². The van der Waals surface area contributed by atoms with Crippen molar-refractivity contribution in [2.45, 2.75) is 31.9 Å². The van der Waals surface area contributed by atoms with Gasteiger partial charge in [0.25, 0.3) is 5.91 Å². The third kappa shape index (κ3) is 4.11. The average molecular weight is 399 g/mol. The van der Waals surface area contributed by atoms with E-state index in [0.717, 1.165) is 6.42 Å². The van der Waals surface area contributed by atoms with Crippen LogP contribution in [0.5, 0.6) is 5.75 Å². The lowest BCUT2D eigenvalue weighted by Crippen LogP contribution is -2.37. The molecule has 1 fully saturated rings. The van der Waals surface area contributed by atoms with Gasteiger partial charge >= 0.3 is 5.97 Å². The van der Waals surface area contributed by atoms with Gasteiger partial charge in [0.15, 0.2) is 17.2 Å². The first-order chi connectivity index (χ1) is 12.5. The third-order valence-corrected chi connectivity index (χ3v) is 4.70. The molecule has 1 aliphatic rings. The van der Waals surface area contributed by atoms with Crippen molar-refractivity contribution in [3.8, 4) is 5.75 Å². The lowest BCUT2D eigenvalue weighted by molar-refractivity contribution is -0.137. The molecule has 9 heteroatoms. The number of carbonyl (C=O) groups excluding carboxylic acids is 1. The van der Waals surface area contributed by atoms with Crippen LogP contribution in [0.25, 0.3) is 0 Å². The Morgan fingerprint density at radius 2 is 2.08 bits per heavy atom. The molecule has 26 heavy (non-hydrogen) atoms. The maximum absolute atomic E-state index is 12.6. The number of hydrogen-bond acceptors (Lipinski definition) is 5. The molecule has 3 rings (SSSR count). The Morgan fingerprint density at radius 1 is 1.35 bits per heavy atom. The molecule has 0 spiro atoms. The molecule has 1 N–H and O–H groups in total. The first-order valence-electron chi connectivity index (χ1n) is 8.01. The van der Waals surface area contributed by atoms with E-state index in [1.165, 1.54) is 11.0 Å². The second-order valence-electron chi connectivity index (χ2n) is 5.91. The predicted octanol–water partition coefficient (Wildman–Crippen LogP) is 3.64. The van der Waals surface area contributed by atoms with E-state index < -0.39 is 5.97 Å². The summed E-state index contributed by atoms with van der Waals surface area (Å²) in [6.07, 6.45) is 1.35. The van der Waals surface area contributed by atoms with Crippen molar-refractivity contribution in [1.29, 1.82) is 0 Å². The van der Waals surface area contributed by atoms with Gasteiger partial charge in [-0.05, 0) is 25.0 Å². The molecule has 0 radical (unpaired) electrons. The van der Waals surface area contributed by atoms with Crippen LogP contribution in [-0.2, 0) is 11.4 Å². The van der Waals surface area contributed by atoms with Crippen molar-refractivity contribution in [2.24, 2.45) is 0 Å². The Kier molecular flexibility index (Phi) is 5.68. The maximum Gasteiger partial charge on any atom is 0.305 e. The second kappa shape index (κ2) is 7.97. The first-order valence-corrected chi connectivity index (χ1v) is 8.76. The van der Waals surface area contributed by atoms with Crippen molar-refractivity contribution in [2.75, 3.05) is 6.54 Å². The van der Waals surface area contributed by atoms with Gasteiger partial charge in [0, 0.05) is 18.7 Å². The highest BCUT2D eigenvalue weighted by Gasteiger charge is 2.32. The number of amides is 1. The zero-order chi connectivity index (χ0) is 18.7. The fraction of sp³-hybridized carbons (Fsp3) is 0.353. The molecule has 0 aliphatic carbocycles. The van der Waals surface area contributed by atoms with E-state index in [2.05, 4.69) is 5.16 Å². The molecule has 2 aromatic rings. The predicted molar refractivity (Wildman–Crippen MR) is 93.6 cm³/mol. The van der Waals surface area contributed by atoms with Crippen molar-refractivity contribution in [3.63, 3.8) is 0 Å². The molecule has 2 heterocycles. The van der Waals surface area contributed by atoms with E-state index >= 15 is 0 Å². The Balaban J connectivity index is 1.66. The molecular weight excluding hydrogens is 383 g/mol. The van der Waals surface area contributed by atoms with Gasteiger partial charge in [-0.1, -0.05) is 34.4 Å². The highest BCUT2D eigenvalue weighted by molar-refractivity contribution is 6.37. The van der Waals surface area contributed by atoms with Crippen molar-refractivity contribution in [3.05, 3.63) is 45.8 Å². The zero-order valence-electron chi connectivity index (χ0n) is 13.7. The van der Waals surface area contributed by atoms with Crippen LogP contribution in [0.3, 0.4) is 0 Å². The van der Waals surface area contributed by atoms with Gasteiger partial charge in [0.05, 0.1) is 16.5 Å². The summed E-state index contributed by atoms with van der Waals surface area (Å²) in [6.45, 7) is 0.507. The highest BCUT2D eigenvalue weighted by Crippen LogP contribution is 2.33. The van der Waals surface area contributed by atoms with E-state index in [1.54, 1.807) is 18.2 Å². The molecule has 0 bridgehead atoms. The summed E-state index contributed by atoms with van der Waals surface area (Å²) < 4.78 is 10.7. The molecule has 1 saturated heterocycles. The molecule has 7 nitrogen and oxygen atoms in total. The normalized spacial score (nSPS) is 16.7. The summed E-state index contributed by atoms with van der Waals surface area (Å²) in [5, 5.41) is 13.5. The van der Waals surface area contributed by atoms with Crippen LogP contribution in [-0.4, -0.2) is 39.6 Å². The smallest absolute Gasteiger partial charge is 0.305 e. The van der Waals surface area contributed by atoms with Crippen LogP contribution in [0.2, 0.25) is 10.0 Å². The van der Waals surface area contributed by atoms with E-state index in [0.29, 0.717) is 34.5 Å². The number of halogens is 2. The Bertz CT molecular complexity index is 803. The summed E-state index contributed by atoms with van der Waals surface area (Å²) in [6, 6.07) is 6.15. The van der Waals surface area contributed by atoms with Crippen LogP contribution in [0.15, 0.2) is 28.8 Å². The number of rotatable bonds is 6. The van der Waals surface area contributed by atoms with Crippen molar-refractivity contribution < 1.29 is 24.0 Å². The lowest BCUT2D eigenvalue weighted by Gasteiger charge is -2.22. The van der Waals surface area contributed by atoms with Crippen LogP contribution >= 0.6 is 23.2 Å². The Labute approximate surface area is 159 Å². The minimum Gasteiger partial charge on any atom is -0.482 e. The number of carboxylic acids is 1. The van der Waals surface area contributed by atoms with Gasteiger partial charge in [-0.25, -0.2) is 0 Å². The van der Waals surface area contributed by atoms with Crippen LogP contribution in [0.4, 0.5) is 0 Å². The second-order valence-corrected chi connectivity index (χ2v) is 6.72. The number of nitrogens with zero attached hydrogens (tertiary/aromatic N) is 2. The topological polar surface area (TPSA) is 92.9 Å². The number of hydrogen-bond donors (Lipinski definition) is 1. The molecule has 0 saturated carbocycles. The fourth-order valence-electron chi connectivity index (χ4n) is 2.91. The number of carboxylic acid groups (broad SMARTS) is 1. The summed E-state index contributed by atoms with van der Waals surface area (Å²) in [5.74, 6) is -0.625. The minimum atomic E-state index is -0.930. The number of carbonyl (C=O) groups is 2. The average Bonchev–Trinajstić information content (AvgIpc) is 3.23. The van der Waals surface area contributed by atoms with Gasteiger partial charge in [-0.2, -0.15) is 0 Å². The van der Waals surface area contributed by atoms with E-state index in [9.17, 15) is 9.59 Å². The SMILES string of the molecule is O=C(O)CC1CCCN1C(=O)c1cc(COc2c(Cl)cccc2Cl)on1. The summed E-state index contributed by atoms with van der Waals surface area (Å²) >= 11 is 12.1. The highest BCUT2D eigenvalue weighted by atomic mass is 35.5. The van der Waals surface area contributed by atoms with Crippen molar-refractivity contribution in [1.82, 2.24) is 10.1 Å². The van der Waals surface area contributed by atoms with Crippen LogP contribution in [0.1, 0.15) is 35.5 Å². The molecule has 1 unspecified atom stereocenters. The van der Waals surface area contributed by atoms with Gasteiger partial charge in [0.2, 0.25) is 0 Å². The van der Waals surface area contributed by atoms with Gasteiger partial charge < -0.3 is 19.3 Å². The summed E-state index contributed by atoms with van der Waals surface area (Å²) in [7, 11) is 0. The van der Waals surface area contributed by atoms with Gasteiger partial charge in [-0.15, -0.1) is 0 Å². The first kappa shape index (κ1) is 18.5. The van der Waals surface area contributed by atoms with Gasteiger partial charge in [-0.3, -0.25) is 9.59 Å². The maximum atomic E-state index is 12.6. The number of aromatic nitrogens is 1. The Hall–Kier alpha value is -2.25. The number of para-hydroxylation sites is 1. The fourth-order valence-corrected chi connectivity index (χ4v) is 3.42. The zero-order valence-corrected chi connectivity index (χ0v) is 15.2. The number of ether oxygens (including phenoxy) is 1. The molecule has 1 amide bonds. The summed E-state index contributed by atoms with van der Waals surface area (Å²) in [4.78, 5) is 25.0. The lowest BCUT2D eigenvalue weighted by atomic mass is 10.1. The number of benzene rings is 1. The molecule has 1 aromatic carbocycles. The molecule has 1 atom stereocenters. The van der Waals surface area contributed by atoms with E-state index in [-0.39, 0.29) is 30.7 Å². The monoisotopic (exact) mass is 398 g/mol. The van der Waals surface area contributed by atoms with E-state index in [4.69, 9.17) is 37.6 Å². The largest absolute Gasteiger partial charge is 0.482 e. The standard InChI is InChI=1S/C17H16Cl2N2O5/c18-12-4-1-5-13(19)16(12)25-9-11-8-14(20-26-11)17(24)21-6-2-3-10(21)7-15(22)23/h1,4-5,8,10H,2-3,6-7,9H2,(H,22,23). The third-order valence-electron chi connectivity index (χ3n) is 4.10.